The molecule has 8 nitrogen and oxygen atoms in total. The van der Waals surface area contributed by atoms with E-state index in [1.165, 1.54) is 6.07 Å². The highest BCUT2D eigenvalue weighted by molar-refractivity contribution is 6.02. The standard InChI is InChI=1S/C26H23N3O5/c30-23(28-22-12-5-4-10-20(22)13-18-7-2-1-3-8-18)17-34-25(32)21-11-6-9-19(14-21)16-29-24(31)15-27-26(29)33/h1-12,14H,13,15-17H2,(H,27,33)(H,28,30). The summed E-state index contributed by atoms with van der Waals surface area (Å²) in [5, 5.41) is 5.25. The number of para-hydroxylation sites is 1. The van der Waals surface area contributed by atoms with E-state index in [-0.39, 0.29) is 24.6 Å². The van der Waals surface area contributed by atoms with Gasteiger partial charge in [-0.1, -0.05) is 60.7 Å². The number of carbonyl (C=O) groups is 4. The van der Waals surface area contributed by atoms with Crippen LogP contribution in [0.5, 0.6) is 0 Å². The van der Waals surface area contributed by atoms with Crippen molar-refractivity contribution in [1.82, 2.24) is 10.2 Å². The summed E-state index contributed by atoms with van der Waals surface area (Å²) in [6.07, 6.45) is 0.654. The summed E-state index contributed by atoms with van der Waals surface area (Å²) in [4.78, 5) is 49.5. The highest BCUT2D eigenvalue weighted by atomic mass is 16.5. The van der Waals surface area contributed by atoms with E-state index in [9.17, 15) is 19.2 Å². The van der Waals surface area contributed by atoms with Gasteiger partial charge in [0.15, 0.2) is 6.61 Å². The van der Waals surface area contributed by atoms with Gasteiger partial charge in [-0.15, -0.1) is 0 Å². The third-order valence-electron chi connectivity index (χ3n) is 5.30. The van der Waals surface area contributed by atoms with Crippen LogP contribution in [0.15, 0.2) is 78.9 Å². The Balaban J connectivity index is 1.34. The quantitative estimate of drug-likeness (QED) is 0.400. The number of imide groups is 1. The number of ether oxygens (including phenoxy) is 1. The zero-order chi connectivity index (χ0) is 23.9. The van der Waals surface area contributed by atoms with Crippen molar-refractivity contribution in [1.29, 1.82) is 0 Å². The molecule has 8 heteroatoms. The lowest BCUT2D eigenvalue weighted by Gasteiger charge is -2.13. The van der Waals surface area contributed by atoms with Gasteiger partial charge in [0.1, 0.15) is 0 Å². The van der Waals surface area contributed by atoms with Gasteiger partial charge < -0.3 is 15.4 Å². The molecule has 0 atom stereocenters. The topological polar surface area (TPSA) is 105 Å². The molecule has 0 bridgehead atoms. The van der Waals surface area contributed by atoms with Crippen LogP contribution in [0, 0.1) is 0 Å². The van der Waals surface area contributed by atoms with Crippen molar-refractivity contribution in [2.75, 3.05) is 18.5 Å². The maximum absolute atomic E-state index is 12.5. The molecule has 172 valence electrons. The minimum Gasteiger partial charge on any atom is -0.452 e. The lowest BCUT2D eigenvalue weighted by atomic mass is 10.0. The first-order chi connectivity index (χ1) is 16.5. The monoisotopic (exact) mass is 457 g/mol. The number of carbonyl (C=O) groups excluding carboxylic acids is 4. The number of anilines is 1. The van der Waals surface area contributed by atoms with Crippen LogP contribution < -0.4 is 10.6 Å². The number of esters is 1. The molecule has 1 fully saturated rings. The minimum atomic E-state index is -0.674. The highest BCUT2D eigenvalue weighted by Crippen LogP contribution is 2.19. The third kappa shape index (κ3) is 5.66. The van der Waals surface area contributed by atoms with E-state index in [1.807, 2.05) is 48.5 Å². The summed E-state index contributed by atoms with van der Waals surface area (Å²) < 4.78 is 5.18. The van der Waals surface area contributed by atoms with Crippen LogP contribution in [0.1, 0.15) is 27.0 Å². The molecule has 0 saturated carbocycles. The second kappa shape index (κ2) is 10.4. The Morgan fingerprint density at radius 2 is 1.65 bits per heavy atom. The summed E-state index contributed by atoms with van der Waals surface area (Å²) >= 11 is 0. The molecule has 1 saturated heterocycles. The van der Waals surface area contributed by atoms with E-state index >= 15 is 0 Å². The smallest absolute Gasteiger partial charge is 0.338 e. The number of benzene rings is 3. The maximum atomic E-state index is 12.5. The summed E-state index contributed by atoms with van der Waals surface area (Å²) in [6, 6.07) is 23.3. The van der Waals surface area contributed by atoms with E-state index in [0.717, 1.165) is 16.0 Å². The van der Waals surface area contributed by atoms with Gasteiger partial charge >= 0.3 is 12.0 Å². The van der Waals surface area contributed by atoms with Gasteiger partial charge in [-0.3, -0.25) is 14.5 Å². The summed E-state index contributed by atoms with van der Waals surface area (Å²) in [6.45, 7) is -0.440. The van der Waals surface area contributed by atoms with Crippen LogP contribution in [-0.4, -0.2) is 41.9 Å². The van der Waals surface area contributed by atoms with Gasteiger partial charge in [0, 0.05) is 5.69 Å². The maximum Gasteiger partial charge on any atom is 0.338 e. The van der Waals surface area contributed by atoms with E-state index < -0.39 is 24.5 Å². The number of urea groups is 1. The van der Waals surface area contributed by atoms with Gasteiger partial charge in [0.05, 0.1) is 18.7 Å². The van der Waals surface area contributed by atoms with Gasteiger partial charge in [0.2, 0.25) is 5.91 Å². The SMILES string of the molecule is O=C(COC(=O)c1cccc(CN2C(=O)CNC2=O)c1)Nc1ccccc1Cc1ccccc1. The van der Waals surface area contributed by atoms with Gasteiger partial charge in [-0.2, -0.15) is 0 Å². The molecule has 34 heavy (non-hydrogen) atoms. The number of rotatable bonds is 8. The van der Waals surface area contributed by atoms with E-state index in [2.05, 4.69) is 10.6 Å². The average molecular weight is 457 g/mol. The number of nitrogens with zero attached hydrogens (tertiary/aromatic N) is 1. The highest BCUT2D eigenvalue weighted by Gasteiger charge is 2.28. The minimum absolute atomic E-state index is 0.0375. The van der Waals surface area contributed by atoms with Gasteiger partial charge in [0.25, 0.3) is 5.91 Å². The third-order valence-corrected chi connectivity index (χ3v) is 5.30. The molecular weight excluding hydrogens is 434 g/mol. The molecule has 0 unspecified atom stereocenters. The predicted molar refractivity (Wildman–Crippen MR) is 125 cm³/mol. The molecule has 1 heterocycles. The molecule has 2 N–H and O–H groups in total. The van der Waals surface area contributed by atoms with Crippen molar-refractivity contribution in [3.8, 4) is 0 Å². The first kappa shape index (κ1) is 22.7. The van der Waals surface area contributed by atoms with Crippen molar-refractivity contribution in [2.24, 2.45) is 0 Å². The summed E-state index contributed by atoms with van der Waals surface area (Å²) in [7, 11) is 0. The van der Waals surface area contributed by atoms with Crippen LogP contribution >= 0.6 is 0 Å². The number of hydrogen-bond acceptors (Lipinski definition) is 5. The molecule has 4 rings (SSSR count). The van der Waals surface area contributed by atoms with E-state index in [1.54, 1.807) is 24.3 Å². The second-order valence-electron chi connectivity index (χ2n) is 7.78. The lowest BCUT2D eigenvalue weighted by molar-refractivity contribution is -0.125. The fourth-order valence-corrected chi connectivity index (χ4v) is 3.61. The van der Waals surface area contributed by atoms with Crippen LogP contribution in [0.25, 0.3) is 0 Å². The Labute approximate surface area is 196 Å². The summed E-state index contributed by atoms with van der Waals surface area (Å²) in [5.41, 5.74) is 3.54. The first-order valence-corrected chi connectivity index (χ1v) is 10.8. The zero-order valence-electron chi connectivity index (χ0n) is 18.3. The molecule has 4 amide bonds. The molecule has 0 spiro atoms. The molecule has 0 radical (unpaired) electrons. The molecular formula is C26H23N3O5. The van der Waals surface area contributed by atoms with Crippen molar-refractivity contribution >= 4 is 29.5 Å². The Morgan fingerprint density at radius 3 is 2.41 bits per heavy atom. The molecule has 3 aromatic rings. The van der Waals surface area contributed by atoms with Crippen LogP contribution in [0.3, 0.4) is 0 Å². The normalized spacial score (nSPS) is 12.9. The first-order valence-electron chi connectivity index (χ1n) is 10.8. The van der Waals surface area contributed by atoms with Gasteiger partial charge in [-0.05, 0) is 41.3 Å². The lowest BCUT2D eigenvalue weighted by Crippen LogP contribution is -2.30. The molecule has 1 aliphatic rings. The fourth-order valence-electron chi connectivity index (χ4n) is 3.61. The Kier molecular flexibility index (Phi) is 6.98. The Morgan fingerprint density at radius 1 is 0.912 bits per heavy atom. The largest absolute Gasteiger partial charge is 0.452 e. The van der Waals surface area contributed by atoms with Gasteiger partial charge in [-0.25, -0.2) is 9.59 Å². The zero-order valence-corrected chi connectivity index (χ0v) is 18.3. The second-order valence-corrected chi connectivity index (χ2v) is 7.78. The van der Waals surface area contributed by atoms with Crippen molar-refractivity contribution < 1.29 is 23.9 Å². The van der Waals surface area contributed by atoms with E-state index in [4.69, 9.17) is 4.74 Å². The van der Waals surface area contributed by atoms with Crippen molar-refractivity contribution in [3.05, 3.63) is 101 Å². The Hall–Kier alpha value is -4.46. The number of nitrogens with one attached hydrogen (secondary N) is 2. The summed E-state index contributed by atoms with van der Waals surface area (Å²) in [5.74, 6) is -1.46. The van der Waals surface area contributed by atoms with Crippen LogP contribution in [0.2, 0.25) is 0 Å². The molecule has 1 aliphatic heterocycles. The fraction of sp³-hybridized carbons (Fsp3) is 0.154. The van der Waals surface area contributed by atoms with Crippen LogP contribution in [-0.2, 0) is 27.3 Å². The predicted octanol–water partition coefficient (Wildman–Crippen LogP) is 3.12. The van der Waals surface area contributed by atoms with Crippen molar-refractivity contribution in [2.45, 2.75) is 13.0 Å². The van der Waals surface area contributed by atoms with Crippen LogP contribution in [0.4, 0.5) is 10.5 Å². The number of hydrogen-bond donors (Lipinski definition) is 2. The molecule has 3 aromatic carbocycles. The molecule has 0 aliphatic carbocycles. The van der Waals surface area contributed by atoms with E-state index in [0.29, 0.717) is 17.7 Å². The number of amides is 4. The van der Waals surface area contributed by atoms with Crippen molar-refractivity contribution in [3.63, 3.8) is 0 Å². The molecule has 0 aromatic heterocycles. The average Bonchev–Trinajstić information content (AvgIpc) is 3.16. The Bertz CT molecular complexity index is 1210.